The molecule has 0 aromatic carbocycles. The lowest BCUT2D eigenvalue weighted by Crippen LogP contribution is -2.38. The van der Waals surface area contributed by atoms with Gasteiger partial charge in [0, 0.05) is 19.3 Å². The number of hydrogen-bond acceptors (Lipinski definition) is 4. The number of rotatable bonds is 4. The molecule has 6 nitrogen and oxygen atoms in total. The van der Waals surface area contributed by atoms with Gasteiger partial charge in [-0.3, -0.25) is 4.79 Å². The van der Waals surface area contributed by atoms with Crippen LogP contribution in [-0.4, -0.2) is 43.9 Å². The molecular weight excluding hydrogens is 314 g/mol. The zero-order valence-electron chi connectivity index (χ0n) is 13.0. The third kappa shape index (κ3) is 4.10. The number of sulfonamides is 1. The van der Waals surface area contributed by atoms with Crippen molar-refractivity contribution in [2.45, 2.75) is 32.1 Å². The second-order valence-corrected chi connectivity index (χ2v) is 7.72. The second-order valence-electron chi connectivity index (χ2n) is 5.96. The summed E-state index contributed by atoms with van der Waals surface area (Å²) in [5, 5.41) is 2.93. The fourth-order valence-corrected chi connectivity index (χ4v) is 3.88. The molecule has 23 heavy (non-hydrogen) atoms. The van der Waals surface area contributed by atoms with Crippen molar-refractivity contribution in [3.63, 3.8) is 0 Å². The van der Waals surface area contributed by atoms with E-state index in [1.807, 2.05) is 0 Å². The number of fused-ring (bicyclic) bond motifs is 1. The SMILES string of the molecule is O=C(NCCC1=CCCCC1)C1=CN2CCS(=O)(=O)N=C2C=C1. The molecule has 1 amide bonds. The van der Waals surface area contributed by atoms with Crippen molar-refractivity contribution in [2.24, 2.45) is 4.40 Å². The first-order valence-electron chi connectivity index (χ1n) is 7.99. The summed E-state index contributed by atoms with van der Waals surface area (Å²) in [6.45, 7) is 0.959. The van der Waals surface area contributed by atoms with Crippen LogP contribution in [0.5, 0.6) is 0 Å². The fourth-order valence-electron chi connectivity index (χ4n) is 2.91. The highest BCUT2D eigenvalue weighted by molar-refractivity contribution is 7.90. The van der Waals surface area contributed by atoms with Crippen molar-refractivity contribution in [3.8, 4) is 0 Å². The van der Waals surface area contributed by atoms with Gasteiger partial charge in [-0.15, -0.1) is 4.40 Å². The number of nitrogens with zero attached hydrogens (tertiary/aromatic N) is 2. The molecule has 0 atom stereocenters. The molecule has 3 aliphatic rings. The van der Waals surface area contributed by atoms with Crippen LogP contribution >= 0.6 is 0 Å². The maximum Gasteiger partial charge on any atom is 0.256 e. The van der Waals surface area contributed by atoms with Crippen molar-refractivity contribution < 1.29 is 13.2 Å². The lowest BCUT2D eigenvalue weighted by atomic mass is 9.97. The molecule has 1 aliphatic carbocycles. The van der Waals surface area contributed by atoms with Gasteiger partial charge in [-0.05, 0) is 44.3 Å². The summed E-state index contributed by atoms with van der Waals surface area (Å²) >= 11 is 0. The minimum atomic E-state index is -3.36. The molecule has 0 saturated heterocycles. The zero-order chi connectivity index (χ0) is 16.3. The average Bonchev–Trinajstić information content (AvgIpc) is 2.54. The van der Waals surface area contributed by atoms with E-state index >= 15 is 0 Å². The van der Waals surface area contributed by atoms with Crippen LogP contribution in [-0.2, 0) is 14.8 Å². The van der Waals surface area contributed by atoms with Gasteiger partial charge >= 0.3 is 0 Å². The van der Waals surface area contributed by atoms with Gasteiger partial charge in [-0.1, -0.05) is 11.6 Å². The molecule has 0 bridgehead atoms. The van der Waals surface area contributed by atoms with Crippen molar-refractivity contribution in [3.05, 3.63) is 35.6 Å². The molecule has 7 heteroatoms. The molecule has 0 fully saturated rings. The summed E-state index contributed by atoms with van der Waals surface area (Å²) in [5.41, 5.74) is 1.96. The van der Waals surface area contributed by atoms with Crippen molar-refractivity contribution in [1.82, 2.24) is 10.2 Å². The van der Waals surface area contributed by atoms with E-state index in [1.54, 1.807) is 23.3 Å². The zero-order valence-corrected chi connectivity index (χ0v) is 13.8. The number of carbonyl (C=O) groups excluding carboxylic acids is 1. The smallest absolute Gasteiger partial charge is 0.256 e. The molecule has 2 heterocycles. The monoisotopic (exact) mass is 335 g/mol. The molecule has 0 aromatic heterocycles. The minimum Gasteiger partial charge on any atom is -0.352 e. The van der Waals surface area contributed by atoms with E-state index in [1.165, 1.54) is 18.4 Å². The third-order valence-electron chi connectivity index (χ3n) is 4.20. The van der Waals surface area contributed by atoms with Gasteiger partial charge in [0.25, 0.3) is 15.9 Å². The van der Waals surface area contributed by atoms with Crippen LogP contribution in [0.2, 0.25) is 0 Å². The summed E-state index contributed by atoms with van der Waals surface area (Å²) in [5.74, 6) is 0.217. The number of hydrogen-bond donors (Lipinski definition) is 1. The van der Waals surface area contributed by atoms with Crippen LogP contribution in [0.25, 0.3) is 0 Å². The van der Waals surface area contributed by atoms with Gasteiger partial charge in [0.05, 0.1) is 11.3 Å². The molecule has 0 aromatic rings. The molecular formula is C16H21N3O3S. The predicted octanol–water partition coefficient (Wildman–Crippen LogP) is 1.49. The fraction of sp³-hybridized carbons (Fsp3) is 0.500. The van der Waals surface area contributed by atoms with Crippen LogP contribution < -0.4 is 5.32 Å². The Morgan fingerprint density at radius 3 is 2.96 bits per heavy atom. The Hall–Kier alpha value is -1.89. The summed E-state index contributed by atoms with van der Waals surface area (Å²) in [6, 6.07) is 0. The van der Waals surface area contributed by atoms with Gasteiger partial charge in [0.15, 0.2) is 0 Å². The first-order valence-corrected chi connectivity index (χ1v) is 9.60. The Morgan fingerprint density at radius 2 is 2.17 bits per heavy atom. The Labute approximate surface area is 136 Å². The highest BCUT2D eigenvalue weighted by Crippen LogP contribution is 2.20. The van der Waals surface area contributed by atoms with Gasteiger partial charge < -0.3 is 10.2 Å². The topological polar surface area (TPSA) is 78.8 Å². The quantitative estimate of drug-likeness (QED) is 0.790. The summed E-state index contributed by atoms with van der Waals surface area (Å²) in [7, 11) is -3.36. The van der Waals surface area contributed by atoms with Crippen molar-refractivity contribution in [2.75, 3.05) is 18.8 Å². The van der Waals surface area contributed by atoms with Crippen LogP contribution in [0.15, 0.2) is 40.0 Å². The third-order valence-corrected chi connectivity index (χ3v) is 5.37. The van der Waals surface area contributed by atoms with E-state index in [-0.39, 0.29) is 11.7 Å². The van der Waals surface area contributed by atoms with Gasteiger partial charge in [-0.25, -0.2) is 8.42 Å². The lowest BCUT2D eigenvalue weighted by molar-refractivity contribution is -0.117. The number of carbonyl (C=O) groups is 1. The molecule has 1 N–H and O–H groups in total. The number of nitrogens with one attached hydrogen (secondary N) is 1. The van der Waals surface area contributed by atoms with Crippen molar-refractivity contribution in [1.29, 1.82) is 0 Å². The molecule has 0 spiro atoms. The maximum absolute atomic E-state index is 12.2. The van der Waals surface area contributed by atoms with E-state index in [0.29, 0.717) is 24.5 Å². The molecule has 0 saturated carbocycles. The summed E-state index contributed by atoms with van der Waals surface area (Å²) in [4.78, 5) is 13.9. The van der Waals surface area contributed by atoms with E-state index in [9.17, 15) is 13.2 Å². The van der Waals surface area contributed by atoms with Crippen LogP contribution in [0.1, 0.15) is 32.1 Å². The molecule has 0 radical (unpaired) electrons. The highest BCUT2D eigenvalue weighted by Gasteiger charge is 2.24. The van der Waals surface area contributed by atoms with Crippen molar-refractivity contribution >= 4 is 21.8 Å². The van der Waals surface area contributed by atoms with Gasteiger partial charge in [0.1, 0.15) is 5.84 Å². The van der Waals surface area contributed by atoms with Crippen LogP contribution in [0.3, 0.4) is 0 Å². The number of allylic oxidation sites excluding steroid dienone is 1. The standard InChI is InChI=1S/C16H21N3O3S/c20-16(17-9-8-13-4-2-1-3-5-13)14-6-7-15-18-23(21,22)11-10-19(15)12-14/h4,6-7,12H,1-3,5,8-11H2,(H,17,20). The first-order chi connectivity index (χ1) is 11.0. The highest BCUT2D eigenvalue weighted by atomic mass is 32.2. The van der Waals surface area contributed by atoms with E-state index in [2.05, 4.69) is 15.8 Å². The van der Waals surface area contributed by atoms with E-state index in [4.69, 9.17) is 0 Å². The molecule has 0 unspecified atom stereocenters. The Bertz CT molecular complexity index is 717. The Morgan fingerprint density at radius 1 is 1.30 bits per heavy atom. The maximum atomic E-state index is 12.2. The number of amides is 1. The Kier molecular flexibility index (Phi) is 4.66. The molecule has 2 aliphatic heterocycles. The van der Waals surface area contributed by atoms with Crippen LogP contribution in [0.4, 0.5) is 0 Å². The second kappa shape index (κ2) is 6.70. The van der Waals surface area contributed by atoms with E-state index < -0.39 is 10.0 Å². The lowest BCUT2D eigenvalue weighted by Gasteiger charge is -2.27. The number of amidine groups is 1. The van der Waals surface area contributed by atoms with Gasteiger partial charge in [-0.2, -0.15) is 0 Å². The molecule has 124 valence electrons. The Balaban J connectivity index is 1.56. The minimum absolute atomic E-state index is 0.0239. The van der Waals surface area contributed by atoms with Gasteiger partial charge in [0.2, 0.25) is 0 Å². The normalized spacial score (nSPS) is 22.6. The first kappa shape index (κ1) is 16.0. The predicted molar refractivity (Wildman–Crippen MR) is 89.3 cm³/mol. The summed E-state index contributed by atoms with van der Waals surface area (Å²) in [6.07, 6.45) is 12.8. The molecule has 3 rings (SSSR count). The largest absolute Gasteiger partial charge is 0.352 e. The van der Waals surface area contributed by atoms with E-state index in [0.717, 1.165) is 19.3 Å². The van der Waals surface area contributed by atoms with Crippen LogP contribution in [0, 0.1) is 0 Å². The average molecular weight is 335 g/mol. The summed E-state index contributed by atoms with van der Waals surface area (Å²) < 4.78 is 26.6.